The van der Waals surface area contributed by atoms with E-state index in [1.54, 1.807) is 0 Å². The van der Waals surface area contributed by atoms with E-state index < -0.39 is 8.07 Å². The number of benzene rings is 4. The summed E-state index contributed by atoms with van der Waals surface area (Å²) in [7, 11) is -3.18. The molecule has 12 rings (SSSR count). The Hall–Kier alpha value is -7.06. The van der Waals surface area contributed by atoms with Gasteiger partial charge in [0.1, 0.15) is 8.07 Å². The van der Waals surface area contributed by atoms with E-state index >= 15 is 0 Å². The molecule has 1 heteroatoms. The third-order valence-corrected chi connectivity index (χ3v) is 23.7. The van der Waals surface area contributed by atoms with Gasteiger partial charge >= 0.3 is 0 Å². The SMILES string of the molecule is CC1=CC2=C(C=CC=CC2c2ccccc2)C1[Si](C1C(C)=CC2=C1C=CC=CC2c1ccccc1)(C1C(C)=CC2=C1C=CC=CC2c1ccccc1)C1C(C)=CC2=C1C=CC=CC2c1ccccc1. The fourth-order valence-electron chi connectivity index (χ4n) is 14.4. The molecule has 8 aliphatic rings. The monoisotopic (exact) mass is 904 g/mol. The summed E-state index contributed by atoms with van der Waals surface area (Å²) >= 11 is 0. The van der Waals surface area contributed by atoms with Gasteiger partial charge < -0.3 is 0 Å². The molecule has 0 nitrogen and oxygen atoms in total. The summed E-state index contributed by atoms with van der Waals surface area (Å²) in [6, 6.07) is 45.0. The molecule has 8 unspecified atom stereocenters. The highest BCUT2D eigenvalue weighted by Gasteiger charge is 2.65. The number of hydrogen-bond donors (Lipinski definition) is 0. The zero-order chi connectivity index (χ0) is 46.6. The molecule has 0 bridgehead atoms. The van der Waals surface area contributed by atoms with Crippen LogP contribution in [0.2, 0.25) is 22.2 Å². The molecule has 336 valence electrons. The molecule has 4 aromatic rings. The molecule has 0 radical (unpaired) electrons. The summed E-state index contributed by atoms with van der Waals surface area (Å²) in [5.74, 6) is 0.615. The molecule has 8 atom stereocenters. The van der Waals surface area contributed by atoms with Crippen molar-refractivity contribution in [3.8, 4) is 0 Å². The summed E-state index contributed by atoms with van der Waals surface area (Å²) in [5.41, 5.74) is 24.1. The van der Waals surface area contributed by atoms with E-state index in [2.05, 4.69) is 271 Å². The van der Waals surface area contributed by atoms with E-state index in [1.165, 1.54) is 89.1 Å². The third kappa shape index (κ3) is 7.08. The van der Waals surface area contributed by atoms with Crippen molar-refractivity contribution < 1.29 is 0 Å². The van der Waals surface area contributed by atoms with Crippen LogP contribution in [0.15, 0.2) is 310 Å². The Morgan fingerprint density at radius 2 is 0.478 bits per heavy atom. The molecule has 0 N–H and O–H groups in total. The Kier molecular flexibility index (Phi) is 11.1. The predicted octanol–water partition coefficient (Wildman–Crippen LogP) is 17.6. The number of hydrogen-bond acceptors (Lipinski definition) is 0. The van der Waals surface area contributed by atoms with Crippen LogP contribution in [-0.2, 0) is 0 Å². The molecular weight excluding hydrogens is 845 g/mol. The summed E-state index contributed by atoms with van der Waals surface area (Å²) in [4.78, 5) is 0. The maximum atomic E-state index is 2.65. The maximum Gasteiger partial charge on any atom is 0.101 e. The first kappa shape index (κ1) is 43.2. The molecule has 0 heterocycles. The number of allylic oxidation sites excluding steroid dienone is 32. The first-order valence-corrected chi connectivity index (χ1v) is 27.5. The Morgan fingerprint density at radius 1 is 0.261 bits per heavy atom. The molecule has 0 saturated heterocycles. The van der Waals surface area contributed by atoms with Crippen molar-refractivity contribution in [1.82, 2.24) is 0 Å². The minimum atomic E-state index is -3.18. The maximum absolute atomic E-state index is 3.18. The van der Waals surface area contributed by atoms with Crippen molar-refractivity contribution in [1.29, 1.82) is 0 Å². The van der Waals surface area contributed by atoms with Crippen LogP contribution in [0.5, 0.6) is 0 Å². The van der Waals surface area contributed by atoms with Gasteiger partial charge in [0.2, 0.25) is 0 Å². The first-order valence-electron chi connectivity index (χ1n) is 25.2. The van der Waals surface area contributed by atoms with Gasteiger partial charge in [0.15, 0.2) is 0 Å². The van der Waals surface area contributed by atoms with E-state index in [4.69, 9.17) is 0 Å². The van der Waals surface area contributed by atoms with Gasteiger partial charge in [0.25, 0.3) is 0 Å². The summed E-state index contributed by atoms with van der Waals surface area (Å²) in [6.45, 7) is 10.1. The molecule has 8 aliphatic carbocycles. The molecule has 0 fully saturated rings. The predicted molar refractivity (Wildman–Crippen MR) is 294 cm³/mol. The zero-order valence-electron chi connectivity index (χ0n) is 40.2. The minimum Gasteiger partial charge on any atom is -0.0726 e. The molecule has 0 amide bonds. The molecule has 69 heavy (non-hydrogen) atoms. The standard InChI is InChI=1S/C68H60Si/c1-45-41-61-53(49-25-9-5-10-26-49)33-17-21-37-57(61)65(45)69(66-46(2)42-62-54(34-18-22-38-58(62)66)50-27-11-6-12-28-50,67-47(3)43-63-55(35-19-23-39-59(63)67)51-29-13-7-14-30-51)68-48(4)44-64-56(36-20-24-40-60(64)68)52-31-15-8-16-32-52/h5-44,53-56,65-68H,1-4H3. The largest absolute Gasteiger partial charge is 0.101 e. The van der Waals surface area contributed by atoms with Gasteiger partial charge in [0.05, 0.1) is 0 Å². The van der Waals surface area contributed by atoms with Gasteiger partial charge in [-0.05, 0) is 94.5 Å². The third-order valence-electron chi connectivity index (χ3n) is 16.7. The lowest BCUT2D eigenvalue weighted by Gasteiger charge is -2.55. The molecule has 0 aliphatic heterocycles. The Labute approximate surface area is 411 Å². The molecule has 0 spiro atoms. The topological polar surface area (TPSA) is 0 Å². The lowest BCUT2D eigenvalue weighted by Crippen LogP contribution is -2.55. The second-order valence-corrected chi connectivity index (χ2v) is 24.8. The van der Waals surface area contributed by atoms with E-state index in [-0.39, 0.29) is 45.8 Å². The van der Waals surface area contributed by atoms with Crippen LogP contribution in [0.1, 0.15) is 73.6 Å². The molecule has 0 saturated carbocycles. The highest BCUT2D eigenvalue weighted by atomic mass is 28.3. The summed E-state index contributed by atoms with van der Waals surface area (Å²) in [6.07, 6.45) is 49.4. The van der Waals surface area contributed by atoms with Crippen molar-refractivity contribution in [2.75, 3.05) is 0 Å². The van der Waals surface area contributed by atoms with Crippen molar-refractivity contribution in [2.24, 2.45) is 0 Å². The van der Waals surface area contributed by atoms with Gasteiger partial charge in [-0.15, -0.1) is 0 Å². The lowest BCUT2D eigenvalue weighted by molar-refractivity contribution is 0.860. The zero-order valence-corrected chi connectivity index (χ0v) is 41.2. The Morgan fingerprint density at radius 3 is 0.696 bits per heavy atom. The smallest absolute Gasteiger partial charge is 0.0726 e. The van der Waals surface area contributed by atoms with Gasteiger partial charge in [-0.3, -0.25) is 0 Å². The van der Waals surface area contributed by atoms with Crippen LogP contribution >= 0.6 is 0 Å². The lowest BCUT2D eigenvalue weighted by atomic mass is 9.89. The Bertz CT molecular complexity index is 2800. The highest BCUT2D eigenvalue weighted by molar-refractivity contribution is 6.90. The van der Waals surface area contributed by atoms with E-state index in [1.807, 2.05) is 0 Å². The van der Waals surface area contributed by atoms with Gasteiger partial charge in [-0.25, -0.2) is 0 Å². The van der Waals surface area contributed by atoms with Crippen molar-refractivity contribution in [3.05, 3.63) is 332 Å². The van der Waals surface area contributed by atoms with Crippen molar-refractivity contribution in [3.63, 3.8) is 0 Å². The van der Waals surface area contributed by atoms with E-state index in [0.717, 1.165) is 0 Å². The van der Waals surface area contributed by atoms with Gasteiger partial charge in [-0.1, -0.05) is 265 Å². The second-order valence-electron chi connectivity index (χ2n) is 20.5. The minimum absolute atomic E-state index is 0.154. The van der Waals surface area contributed by atoms with Crippen LogP contribution < -0.4 is 0 Å². The molecular formula is C68H60Si. The average Bonchev–Trinajstić information content (AvgIpc) is 3.87. The van der Waals surface area contributed by atoms with Crippen molar-refractivity contribution >= 4 is 8.07 Å². The van der Waals surface area contributed by atoms with Crippen molar-refractivity contribution in [2.45, 2.75) is 73.5 Å². The fraction of sp³-hybridized carbons (Fsp3) is 0.176. The van der Waals surface area contributed by atoms with Crippen LogP contribution in [0, 0.1) is 0 Å². The van der Waals surface area contributed by atoms with Gasteiger partial charge in [-0.2, -0.15) is 0 Å². The quantitative estimate of drug-likeness (QED) is 0.155. The van der Waals surface area contributed by atoms with E-state index in [0.29, 0.717) is 0 Å². The first-order chi connectivity index (χ1) is 33.9. The van der Waals surface area contributed by atoms with Gasteiger partial charge in [0, 0.05) is 45.8 Å². The van der Waals surface area contributed by atoms with E-state index in [9.17, 15) is 0 Å². The Balaban J connectivity index is 1.21. The second kappa shape index (κ2) is 17.8. The van der Waals surface area contributed by atoms with Crippen LogP contribution in [0.3, 0.4) is 0 Å². The molecule has 0 aromatic heterocycles. The average molecular weight is 905 g/mol. The summed E-state index contributed by atoms with van der Waals surface area (Å²) < 4.78 is 0. The van der Waals surface area contributed by atoms with Crippen LogP contribution in [0.25, 0.3) is 0 Å². The van der Waals surface area contributed by atoms with Crippen LogP contribution in [-0.4, -0.2) is 8.07 Å². The number of rotatable bonds is 8. The van der Waals surface area contributed by atoms with Crippen LogP contribution in [0.4, 0.5) is 0 Å². The fourth-order valence-corrected chi connectivity index (χ4v) is 23.0. The molecule has 4 aromatic carbocycles. The summed E-state index contributed by atoms with van der Waals surface area (Å²) in [5, 5.41) is 0. The normalized spacial score (nSPS) is 28.3. The highest BCUT2D eigenvalue weighted by Crippen LogP contribution is 2.72.